The second kappa shape index (κ2) is 10.8. The van der Waals surface area contributed by atoms with Crippen molar-refractivity contribution in [2.75, 3.05) is 0 Å². The molecule has 230 valence electrons. The highest BCUT2D eigenvalue weighted by Crippen LogP contribution is 2.39. The SMILES string of the molecule is CCn1cc(-c2cc(=O)n(C)cc2-c2ccccc2)c2cc(-c3cnn(C(F)(F)F)c3)n(S(=O)(=O)c3ccc(C)cc3)c2c1=O. The Hall–Kier alpha value is -5.17. The number of hydrogen-bond donors (Lipinski definition) is 0. The van der Waals surface area contributed by atoms with Gasteiger partial charge in [0.25, 0.3) is 21.1 Å². The smallest absolute Gasteiger partial charge is 0.318 e. The molecule has 0 aliphatic heterocycles. The molecule has 0 saturated heterocycles. The molecule has 0 aliphatic rings. The minimum atomic E-state index is -4.86. The molecular weight excluding hydrogens is 607 g/mol. The molecular formula is C32H26F3N5O4S. The molecule has 9 nitrogen and oxygen atoms in total. The number of hydrogen-bond acceptors (Lipinski definition) is 5. The number of halogens is 3. The van der Waals surface area contributed by atoms with Gasteiger partial charge in [-0.2, -0.15) is 9.78 Å². The van der Waals surface area contributed by atoms with E-state index in [1.807, 2.05) is 30.3 Å². The summed E-state index contributed by atoms with van der Waals surface area (Å²) in [6.45, 7) is 3.62. The van der Waals surface area contributed by atoms with E-state index in [0.29, 0.717) is 22.9 Å². The maximum atomic E-state index is 14.3. The number of benzene rings is 2. The van der Waals surface area contributed by atoms with Crippen LogP contribution in [0.2, 0.25) is 0 Å². The van der Waals surface area contributed by atoms with Gasteiger partial charge in [-0.15, -0.1) is 13.2 Å². The molecule has 0 bridgehead atoms. The molecule has 6 aromatic rings. The lowest BCUT2D eigenvalue weighted by molar-refractivity contribution is -0.212. The lowest BCUT2D eigenvalue weighted by Gasteiger charge is -2.16. The minimum absolute atomic E-state index is 0.139. The average molecular weight is 634 g/mol. The maximum Gasteiger partial charge on any atom is 0.504 e. The van der Waals surface area contributed by atoms with Gasteiger partial charge >= 0.3 is 6.30 Å². The van der Waals surface area contributed by atoms with Gasteiger partial charge in [0.05, 0.1) is 16.8 Å². The molecule has 0 spiro atoms. The van der Waals surface area contributed by atoms with Crippen LogP contribution < -0.4 is 11.1 Å². The summed E-state index contributed by atoms with van der Waals surface area (Å²) in [7, 11) is -2.95. The zero-order valence-corrected chi connectivity index (χ0v) is 25.1. The summed E-state index contributed by atoms with van der Waals surface area (Å²) in [6, 6.07) is 17.9. The van der Waals surface area contributed by atoms with Crippen LogP contribution in [-0.4, -0.2) is 31.3 Å². The second-order valence-electron chi connectivity index (χ2n) is 10.6. The highest BCUT2D eigenvalue weighted by atomic mass is 32.2. The lowest BCUT2D eigenvalue weighted by Crippen LogP contribution is -2.25. The predicted molar refractivity (Wildman–Crippen MR) is 164 cm³/mol. The number of rotatable bonds is 6. The lowest BCUT2D eigenvalue weighted by atomic mass is 9.95. The van der Waals surface area contributed by atoms with Crippen molar-refractivity contribution in [1.82, 2.24) is 22.9 Å². The van der Waals surface area contributed by atoms with Gasteiger partial charge in [-0.25, -0.2) is 12.4 Å². The van der Waals surface area contributed by atoms with Crippen LogP contribution in [0.4, 0.5) is 13.2 Å². The number of pyridine rings is 2. The van der Waals surface area contributed by atoms with Gasteiger partial charge in [0.1, 0.15) is 5.52 Å². The quantitative estimate of drug-likeness (QED) is 0.233. The largest absolute Gasteiger partial charge is 0.504 e. The molecule has 0 aliphatic carbocycles. The fourth-order valence-electron chi connectivity index (χ4n) is 5.33. The Morgan fingerprint density at radius 1 is 0.844 bits per heavy atom. The predicted octanol–water partition coefficient (Wildman–Crippen LogP) is 5.74. The first-order valence-corrected chi connectivity index (χ1v) is 15.2. The molecule has 0 amide bonds. The van der Waals surface area contributed by atoms with Crippen LogP contribution in [0.15, 0.2) is 106 Å². The minimum Gasteiger partial charge on any atom is -0.318 e. The first kappa shape index (κ1) is 29.9. The van der Waals surface area contributed by atoms with Crippen molar-refractivity contribution in [2.45, 2.75) is 31.6 Å². The highest BCUT2D eigenvalue weighted by Gasteiger charge is 2.34. The van der Waals surface area contributed by atoms with Gasteiger partial charge in [-0.3, -0.25) is 9.59 Å². The van der Waals surface area contributed by atoms with Crippen molar-refractivity contribution in [2.24, 2.45) is 7.05 Å². The Labute approximate surface area is 255 Å². The van der Waals surface area contributed by atoms with E-state index in [9.17, 15) is 31.2 Å². The van der Waals surface area contributed by atoms with E-state index in [1.165, 1.54) is 39.6 Å². The van der Waals surface area contributed by atoms with Crippen LogP contribution in [0.1, 0.15) is 12.5 Å². The normalized spacial score (nSPS) is 12.2. The van der Waals surface area contributed by atoms with Gasteiger partial charge < -0.3 is 9.13 Å². The maximum absolute atomic E-state index is 14.3. The van der Waals surface area contributed by atoms with E-state index in [2.05, 4.69) is 5.10 Å². The summed E-state index contributed by atoms with van der Waals surface area (Å²) in [4.78, 5) is 26.8. The van der Waals surface area contributed by atoms with Gasteiger partial charge in [0.15, 0.2) is 0 Å². The molecule has 2 aromatic carbocycles. The summed E-state index contributed by atoms with van der Waals surface area (Å²) in [5, 5.41) is 3.55. The molecule has 0 fully saturated rings. The average Bonchev–Trinajstić information content (AvgIpc) is 3.66. The van der Waals surface area contributed by atoms with Crippen LogP contribution in [0.5, 0.6) is 0 Å². The molecule has 4 aromatic heterocycles. The van der Waals surface area contributed by atoms with Crippen LogP contribution in [-0.2, 0) is 29.9 Å². The van der Waals surface area contributed by atoms with Crippen molar-refractivity contribution in [1.29, 1.82) is 0 Å². The summed E-state index contributed by atoms with van der Waals surface area (Å²) in [5.74, 6) is 0. The molecule has 0 saturated carbocycles. The number of alkyl halides is 3. The van der Waals surface area contributed by atoms with Crippen molar-refractivity contribution in [3.8, 4) is 33.5 Å². The molecule has 45 heavy (non-hydrogen) atoms. The monoisotopic (exact) mass is 633 g/mol. The van der Waals surface area contributed by atoms with Crippen LogP contribution in [0, 0.1) is 6.92 Å². The third-order valence-corrected chi connectivity index (χ3v) is 9.37. The summed E-state index contributed by atoms with van der Waals surface area (Å²) in [5.41, 5.74) is 1.25. The van der Waals surface area contributed by atoms with E-state index in [0.717, 1.165) is 21.3 Å². The van der Waals surface area contributed by atoms with E-state index in [1.54, 1.807) is 39.2 Å². The third-order valence-electron chi connectivity index (χ3n) is 7.64. The second-order valence-corrected chi connectivity index (χ2v) is 12.4. The fraction of sp³-hybridized carbons (Fsp3) is 0.156. The Morgan fingerprint density at radius 3 is 2.16 bits per heavy atom. The number of aromatic nitrogens is 5. The van der Waals surface area contributed by atoms with Crippen LogP contribution in [0.3, 0.4) is 0 Å². The van der Waals surface area contributed by atoms with Crippen LogP contribution in [0.25, 0.3) is 44.4 Å². The highest BCUT2D eigenvalue weighted by molar-refractivity contribution is 7.90. The molecule has 13 heteroatoms. The Kier molecular flexibility index (Phi) is 7.15. The van der Waals surface area contributed by atoms with E-state index in [-0.39, 0.29) is 43.8 Å². The zero-order valence-electron chi connectivity index (χ0n) is 24.3. The standard InChI is InChI=1S/C32H26F3N5O4S/c1-4-38-19-27(24-15-29(41)37(3)18-26(24)21-8-6-5-7-9-21)25-14-28(22-16-36-39(17-22)32(33,34)35)40(30(25)31(38)42)45(43,44)23-12-10-20(2)11-13-23/h5-19H,4H2,1-3H3. The number of aryl methyl sites for hydroxylation is 3. The van der Waals surface area contributed by atoms with E-state index < -0.39 is 21.9 Å². The fourth-order valence-corrected chi connectivity index (χ4v) is 6.86. The van der Waals surface area contributed by atoms with Gasteiger partial charge in [0.2, 0.25) is 0 Å². The van der Waals surface area contributed by atoms with Crippen molar-refractivity contribution < 1.29 is 21.6 Å². The molecule has 4 heterocycles. The van der Waals surface area contributed by atoms with Gasteiger partial charge in [0, 0.05) is 60.3 Å². The molecule has 0 N–H and O–H groups in total. The Balaban J connectivity index is 1.78. The van der Waals surface area contributed by atoms with Crippen molar-refractivity contribution in [3.63, 3.8) is 0 Å². The van der Waals surface area contributed by atoms with Gasteiger partial charge in [-0.05, 0) is 43.2 Å². The Morgan fingerprint density at radius 2 is 1.53 bits per heavy atom. The van der Waals surface area contributed by atoms with Crippen molar-refractivity contribution >= 4 is 20.9 Å². The summed E-state index contributed by atoms with van der Waals surface area (Å²) < 4.78 is 72.6. The number of fused-ring (bicyclic) bond motifs is 1. The van der Waals surface area contributed by atoms with Crippen LogP contribution >= 0.6 is 0 Å². The van der Waals surface area contributed by atoms with E-state index >= 15 is 0 Å². The molecule has 0 unspecified atom stereocenters. The Bertz CT molecular complexity index is 2320. The molecule has 0 radical (unpaired) electrons. The van der Waals surface area contributed by atoms with Crippen molar-refractivity contribution in [3.05, 3.63) is 118 Å². The first-order valence-electron chi connectivity index (χ1n) is 13.8. The third kappa shape index (κ3) is 5.08. The topological polar surface area (TPSA) is 101 Å². The zero-order chi connectivity index (χ0) is 32.3. The summed E-state index contributed by atoms with van der Waals surface area (Å²) >= 11 is 0. The molecule has 0 atom stereocenters. The molecule has 6 rings (SSSR count). The number of nitrogens with zero attached hydrogens (tertiary/aromatic N) is 5. The van der Waals surface area contributed by atoms with E-state index in [4.69, 9.17) is 0 Å². The van der Waals surface area contributed by atoms with Gasteiger partial charge in [-0.1, -0.05) is 48.0 Å². The summed E-state index contributed by atoms with van der Waals surface area (Å²) in [6.07, 6.45) is -0.110. The first-order chi connectivity index (χ1) is 21.3.